The second-order valence-corrected chi connectivity index (χ2v) is 2.27. The van der Waals surface area contributed by atoms with Crippen LogP contribution in [0.25, 0.3) is 0 Å². The summed E-state index contributed by atoms with van der Waals surface area (Å²) in [7, 11) is 1.61. The molecule has 4 heteroatoms. The fourth-order valence-electron chi connectivity index (χ4n) is 1.14. The summed E-state index contributed by atoms with van der Waals surface area (Å²) in [6, 6.07) is 1.91. The standard InChI is InChI=1S/C7H9N3O/c1-11-7-6-5(2-3-8-7)9-4-10-6/h2-3,9-10H,4H2,1H3. The Labute approximate surface area is 64.6 Å². The first-order valence-electron chi connectivity index (χ1n) is 3.42. The van der Waals surface area contributed by atoms with Crippen LogP contribution in [0, 0.1) is 0 Å². The molecule has 0 unspecified atom stereocenters. The third-order valence-electron chi connectivity index (χ3n) is 1.65. The molecule has 0 saturated heterocycles. The molecule has 58 valence electrons. The summed E-state index contributed by atoms with van der Waals surface area (Å²) in [5.41, 5.74) is 2.01. The van der Waals surface area contributed by atoms with Gasteiger partial charge >= 0.3 is 0 Å². The monoisotopic (exact) mass is 151 g/mol. The van der Waals surface area contributed by atoms with Gasteiger partial charge in [-0.1, -0.05) is 0 Å². The number of nitrogens with one attached hydrogen (secondary N) is 2. The molecule has 0 bridgehead atoms. The minimum absolute atomic E-state index is 0.646. The maximum absolute atomic E-state index is 5.04. The molecule has 1 aliphatic heterocycles. The van der Waals surface area contributed by atoms with E-state index in [1.165, 1.54) is 0 Å². The van der Waals surface area contributed by atoms with Gasteiger partial charge in [0, 0.05) is 6.20 Å². The van der Waals surface area contributed by atoms with Crippen molar-refractivity contribution in [1.82, 2.24) is 4.98 Å². The van der Waals surface area contributed by atoms with Crippen LogP contribution in [0.15, 0.2) is 12.3 Å². The van der Waals surface area contributed by atoms with E-state index >= 15 is 0 Å². The number of nitrogens with zero attached hydrogens (tertiary/aromatic N) is 1. The lowest BCUT2D eigenvalue weighted by Crippen LogP contribution is -1.99. The van der Waals surface area contributed by atoms with E-state index in [-0.39, 0.29) is 0 Å². The van der Waals surface area contributed by atoms with E-state index in [4.69, 9.17) is 4.74 Å². The van der Waals surface area contributed by atoms with Crippen molar-refractivity contribution in [3.63, 3.8) is 0 Å². The molecule has 1 aliphatic rings. The summed E-state index contributed by atoms with van der Waals surface area (Å²) in [5, 5.41) is 6.26. The van der Waals surface area contributed by atoms with Crippen LogP contribution in [0.2, 0.25) is 0 Å². The van der Waals surface area contributed by atoms with Gasteiger partial charge in [0.05, 0.1) is 19.5 Å². The molecule has 11 heavy (non-hydrogen) atoms. The number of hydrogen-bond donors (Lipinski definition) is 2. The van der Waals surface area contributed by atoms with E-state index in [0.29, 0.717) is 5.88 Å². The number of pyridine rings is 1. The fraction of sp³-hybridized carbons (Fsp3) is 0.286. The number of hydrogen-bond acceptors (Lipinski definition) is 4. The molecule has 0 spiro atoms. The van der Waals surface area contributed by atoms with Gasteiger partial charge in [0.1, 0.15) is 5.69 Å². The first-order valence-corrected chi connectivity index (χ1v) is 3.42. The van der Waals surface area contributed by atoms with Crippen molar-refractivity contribution in [3.05, 3.63) is 12.3 Å². The van der Waals surface area contributed by atoms with Crippen molar-refractivity contribution in [2.45, 2.75) is 0 Å². The smallest absolute Gasteiger partial charge is 0.239 e. The number of fused-ring (bicyclic) bond motifs is 1. The molecule has 1 aromatic rings. The molecule has 2 rings (SSSR count). The van der Waals surface area contributed by atoms with Gasteiger partial charge in [-0.2, -0.15) is 0 Å². The largest absolute Gasteiger partial charge is 0.479 e. The first-order chi connectivity index (χ1) is 5.42. The Kier molecular flexibility index (Phi) is 1.31. The highest BCUT2D eigenvalue weighted by Crippen LogP contribution is 2.32. The van der Waals surface area contributed by atoms with Crippen LogP contribution in [-0.4, -0.2) is 18.8 Å². The van der Waals surface area contributed by atoms with Gasteiger partial charge in [-0.25, -0.2) is 4.98 Å². The Bertz CT molecular complexity index is 274. The Balaban J connectivity index is 2.50. The molecule has 0 fully saturated rings. The van der Waals surface area contributed by atoms with Crippen molar-refractivity contribution in [1.29, 1.82) is 0 Å². The van der Waals surface area contributed by atoms with Gasteiger partial charge < -0.3 is 15.4 Å². The SMILES string of the molecule is COc1nccc2c1NCN2. The van der Waals surface area contributed by atoms with Crippen molar-refractivity contribution in [3.8, 4) is 5.88 Å². The summed E-state index contributed by atoms with van der Waals surface area (Å²) in [6.07, 6.45) is 1.72. The van der Waals surface area contributed by atoms with Crippen LogP contribution in [0.4, 0.5) is 11.4 Å². The lowest BCUT2D eigenvalue weighted by Gasteiger charge is -2.03. The number of anilines is 2. The quantitative estimate of drug-likeness (QED) is 0.625. The number of ether oxygens (including phenoxy) is 1. The number of rotatable bonds is 1. The predicted molar refractivity (Wildman–Crippen MR) is 42.9 cm³/mol. The predicted octanol–water partition coefficient (Wildman–Crippen LogP) is 0.885. The van der Waals surface area contributed by atoms with Gasteiger partial charge in [0.15, 0.2) is 0 Å². The summed E-state index contributed by atoms with van der Waals surface area (Å²) in [4.78, 5) is 4.04. The van der Waals surface area contributed by atoms with Gasteiger partial charge in [0.25, 0.3) is 0 Å². The topological polar surface area (TPSA) is 46.2 Å². The van der Waals surface area contributed by atoms with E-state index in [2.05, 4.69) is 15.6 Å². The third-order valence-corrected chi connectivity index (χ3v) is 1.65. The Morgan fingerprint density at radius 2 is 2.45 bits per heavy atom. The highest BCUT2D eigenvalue weighted by Gasteiger charge is 2.13. The second kappa shape index (κ2) is 2.30. The summed E-state index contributed by atoms with van der Waals surface area (Å²) in [6.45, 7) is 0.747. The number of aromatic nitrogens is 1. The van der Waals surface area contributed by atoms with Crippen LogP contribution < -0.4 is 15.4 Å². The van der Waals surface area contributed by atoms with E-state index < -0.39 is 0 Å². The first kappa shape index (κ1) is 6.27. The van der Waals surface area contributed by atoms with Gasteiger partial charge in [-0.05, 0) is 6.07 Å². The molecule has 0 atom stereocenters. The van der Waals surface area contributed by atoms with Crippen molar-refractivity contribution in [2.24, 2.45) is 0 Å². The molecular formula is C7H9N3O. The van der Waals surface area contributed by atoms with E-state index in [1.54, 1.807) is 13.3 Å². The zero-order chi connectivity index (χ0) is 7.68. The van der Waals surface area contributed by atoms with Crippen molar-refractivity contribution < 1.29 is 4.74 Å². The average Bonchev–Trinajstić information content (AvgIpc) is 2.50. The van der Waals surface area contributed by atoms with Crippen LogP contribution in [0.3, 0.4) is 0 Å². The highest BCUT2D eigenvalue weighted by molar-refractivity contribution is 5.77. The molecule has 1 aromatic heterocycles. The molecule has 0 saturated carbocycles. The molecule has 0 aromatic carbocycles. The second-order valence-electron chi connectivity index (χ2n) is 2.27. The lowest BCUT2D eigenvalue weighted by atomic mass is 10.3. The van der Waals surface area contributed by atoms with Crippen molar-refractivity contribution >= 4 is 11.4 Å². The van der Waals surface area contributed by atoms with Crippen LogP contribution in [0.5, 0.6) is 5.88 Å². The molecule has 0 aliphatic carbocycles. The maximum Gasteiger partial charge on any atom is 0.239 e. The van der Waals surface area contributed by atoms with E-state index in [1.807, 2.05) is 6.07 Å². The summed E-state index contributed by atoms with van der Waals surface area (Å²) >= 11 is 0. The van der Waals surface area contributed by atoms with Crippen LogP contribution in [0.1, 0.15) is 0 Å². The zero-order valence-electron chi connectivity index (χ0n) is 6.22. The minimum Gasteiger partial charge on any atom is -0.479 e. The Hall–Kier alpha value is -1.45. The molecular weight excluding hydrogens is 142 g/mol. The van der Waals surface area contributed by atoms with E-state index in [9.17, 15) is 0 Å². The van der Waals surface area contributed by atoms with Gasteiger partial charge in [0.2, 0.25) is 5.88 Å². The normalized spacial score (nSPS) is 13.2. The van der Waals surface area contributed by atoms with Crippen LogP contribution >= 0.6 is 0 Å². The summed E-state index contributed by atoms with van der Waals surface area (Å²) in [5.74, 6) is 0.646. The maximum atomic E-state index is 5.04. The molecule has 2 N–H and O–H groups in total. The van der Waals surface area contributed by atoms with Crippen molar-refractivity contribution in [2.75, 3.05) is 24.4 Å². The van der Waals surface area contributed by atoms with Gasteiger partial charge in [-0.3, -0.25) is 0 Å². The fourth-order valence-corrected chi connectivity index (χ4v) is 1.14. The molecule has 0 radical (unpaired) electrons. The molecule has 4 nitrogen and oxygen atoms in total. The molecule has 0 amide bonds. The van der Waals surface area contributed by atoms with Gasteiger partial charge in [-0.15, -0.1) is 0 Å². The molecule has 2 heterocycles. The Morgan fingerprint density at radius 1 is 1.55 bits per heavy atom. The summed E-state index contributed by atoms with van der Waals surface area (Å²) < 4.78 is 5.04. The highest BCUT2D eigenvalue weighted by atomic mass is 16.5. The minimum atomic E-state index is 0.646. The zero-order valence-corrected chi connectivity index (χ0v) is 6.22. The Morgan fingerprint density at radius 3 is 3.27 bits per heavy atom. The third kappa shape index (κ3) is 0.869. The lowest BCUT2D eigenvalue weighted by molar-refractivity contribution is 0.400. The number of methoxy groups -OCH3 is 1. The van der Waals surface area contributed by atoms with E-state index in [0.717, 1.165) is 18.0 Å². The van der Waals surface area contributed by atoms with Crippen LogP contribution in [-0.2, 0) is 0 Å². The average molecular weight is 151 g/mol.